The number of hydrogen-bond donors (Lipinski definition) is 1. The Bertz CT molecular complexity index is 1810. The molecule has 6 nitrogen and oxygen atoms in total. The molecule has 0 saturated carbocycles. The molecular weight excluding hydrogens is 647 g/mol. The number of hydrogen-bond acceptors (Lipinski definition) is 5. The third-order valence-electron chi connectivity index (χ3n) is 9.72. The highest BCUT2D eigenvalue weighted by Gasteiger charge is 2.43. The molecule has 0 saturated heterocycles. The lowest BCUT2D eigenvalue weighted by molar-refractivity contribution is -0.166. The molecule has 0 spiro atoms. The van der Waals surface area contributed by atoms with Crippen molar-refractivity contribution in [3.8, 4) is 0 Å². The molecule has 4 rings (SSSR count). The maximum Gasteiger partial charge on any atom is 0.407 e. The number of ether oxygens (including phenoxy) is 3. The van der Waals surface area contributed by atoms with Crippen LogP contribution in [0.5, 0.6) is 0 Å². The second-order valence-electron chi connectivity index (χ2n) is 14.6. The van der Waals surface area contributed by atoms with Gasteiger partial charge in [-0.1, -0.05) is 122 Å². The van der Waals surface area contributed by atoms with Gasteiger partial charge in [-0.05, 0) is 94.7 Å². The van der Waals surface area contributed by atoms with E-state index in [1.807, 2.05) is 140 Å². The molecule has 0 aromatic heterocycles. The van der Waals surface area contributed by atoms with Gasteiger partial charge < -0.3 is 19.5 Å². The second kappa shape index (κ2) is 17.5. The predicted molar refractivity (Wildman–Crippen MR) is 213 cm³/mol. The molecule has 0 aliphatic heterocycles. The van der Waals surface area contributed by atoms with Gasteiger partial charge in [-0.15, -0.1) is 0 Å². The van der Waals surface area contributed by atoms with Crippen LogP contribution >= 0.6 is 0 Å². The summed E-state index contributed by atoms with van der Waals surface area (Å²) >= 11 is 0. The number of fused-ring (bicyclic) bond motifs is 1. The Hall–Kier alpha value is -4.94. The fourth-order valence-electron chi connectivity index (χ4n) is 6.62. The molecule has 52 heavy (non-hydrogen) atoms. The Morgan fingerprint density at radius 2 is 1.48 bits per heavy atom. The summed E-state index contributed by atoms with van der Waals surface area (Å²) < 4.78 is 18.5. The van der Waals surface area contributed by atoms with Gasteiger partial charge in [0, 0.05) is 30.2 Å². The number of allylic oxidation sites excluding steroid dienone is 5. The fraction of sp³-hybridized carbons (Fsp3) is 0.348. The molecule has 2 unspecified atom stereocenters. The van der Waals surface area contributed by atoms with Crippen LogP contribution in [0.3, 0.4) is 0 Å². The Labute approximate surface area is 311 Å². The Morgan fingerprint density at radius 1 is 0.846 bits per heavy atom. The van der Waals surface area contributed by atoms with E-state index in [2.05, 4.69) is 36.7 Å². The van der Waals surface area contributed by atoms with Gasteiger partial charge in [0.25, 0.3) is 0 Å². The molecule has 3 aromatic carbocycles. The maximum atomic E-state index is 14.0. The quantitative estimate of drug-likeness (QED) is 0.112. The largest absolute Gasteiger partial charge is 0.449 e. The number of benzene rings is 3. The van der Waals surface area contributed by atoms with E-state index < -0.39 is 22.7 Å². The SMILES string of the molecule is C=CC1=C(/C=C\C)C(COC(=O)NCCC(C)(C)OCCC(C)(C)C(=O)OC(C(=C)C)(c2ccccc2)c2ccc(/C=C/C)cc2)c2ccccc21. The molecule has 1 amide bonds. The van der Waals surface area contributed by atoms with Crippen molar-refractivity contribution in [3.05, 3.63) is 155 Å². The summed E-state index contributed by atoms with van der Waals surface area (Å²) in [5, 5.41) is 2.88. The second-order valence-corrected chi connectivity index (χ2v) is 14.6. The Kier molecular flexibility index (Phi) is 13.4. The highest BCUT2D eigenvalue weighted by atomic mass is 16.6. The first kappa shape index (κ1) is 39.8. The van der Waals surface area contributed by atoms with E-state index in [0.29, 0.717) is 31.6 Å². The van der Waals surface area contributed by atoms with E-state index in [-0.39, 0.29) is 18.5 Å². The summed E-state index contributed by atoms with van der Waals surface area (Å²) in [6.45, 7) is 22.8. The number of esters is 1. The average molecular weight is 702 g/mol. The molecule has 0 heterocycles. The normalized spacial score (nSPS) is 15.7. The van der Waals surface area contributed by atoms with E-state index in [4.69, 9.17) is 14.2 Å². The number of amides is 1. The third kappa shape index (κ3) is 9.29. The summed E-state index contributed by atoms with van der Waals surface area (Å²) in [7, 11) is 0. The van der Waals surface area contributed by atoms with Crippen molar-refractivity contribution >= 4 is 23.7 Å². The van der Waals surface area contributed by atoms with Crippen LogP contribution in [0.25, 0.3) is 11.6 Å². The highest BCUT2D eigenvalue weighted by Crippen LogP contribution is 2.44. The van der Waals surface area contributed by atoms with Gasteiger partial charge in [-0.25, -0.2) is 4.79 Å². The van der Waals surface area contributed by atoms with E-state index in [1.165, 1.54) is 0 Å². The highest BCUT2D eigenvalue weighted by molar-refractivity contribution is 5.86. The molecule has 1 aliphatic carbocycles. The first-order valence-corrected chi connectivity index (χ1v) is 18.1. The first-order valence-electron chi connectivity index (χ1n) is 18.1. The lowest BCUT2D eigenvalue weighted by atomic mass is 9.80. The Balaban J connectivity index is 1.33. The minimum absolute atomic E-state index is 0.0574. The van der Waals surface area contributed by atoms with Crippen LogP contribution in [0, 0.1) is 5.41 Å². The van der Waals surface area contributed by atoms with Crippen LogP contribution in [0.15, 0.2) is 127 Å². The maximum absolute atomic E-state index is 14.0. The van der Waals surface area contributed by atoms with Crippen molar-refractivity contribution in [1.82, 2.24) is 5.32 Å². The van der Waals surface area contributed by atoms with Crippen molar-refractivity contribution in [3.63, 3.8) is 0 Å². The minimum Gasteiger partial charge on any atom is -0.449 e. The van der Waals surface area contributed by atoms with E-state index in [0.717, 1.165) is 39.0 Å². The molecule has 3 aromatic rings. The molecule has 6 heteroatoms. The lowest BCUT2D eigenvalue weighted by Gasteiger charge is -2.38. The number of carbonyl (C=O) groups excluding carboxylic acids is 2. The third-order valence-corrected chi connectivity index (χ3v) is 9.72. The van der Waals surface area contributed by atoms with E-state index in [1.54, 1.807) is 0 Å². The molecule has 0 fully saturated rings. The summed E-state index contributed by atoms with van der Waals surface area (Å²) in [5.74, 6) is -0.404. The van der Waals surface area contributed by atoms with E-state index >= 15 is 0 Å². The van der Waals surface area contributed by atoms with Crippen LogP contribution in [0.4, 0.5) is 4.79 Å². The van der Waals surface area contributed by atoms with Gasteiger partial charge in [0.1, 0.15) is 6.61 Å². The van der Waals surface area contributed by atoms with Crippen molar-refractivity contribution in [2.45, 2.75) is 78.4 Å². The standard InChI is InChI=1S/C46H55NO5/c1-10-18-34-24-26-36(27-25-34)46(33(4)5,35-20-14-13-15-21-35)52-42(48)44(6,7)29-31-51-45(8,9)28-30-47-43(49)50-32-41-38(19-11-2)37(12-3)39-22-16-17-23-40(39)41/h10-27,41H,3-4,28-32H2,1-2,5-9H3,(H,47,49)/b18-10+,19-11-. The Morgan fingerprint density at radius 3 is 2.12 bits per heavy atom. The van der Waals surface area contributed by atoms with Crippen LogP contribution in [-0.2, 0) is 24.6 Å². The topological polar surface area (TPSA) is 73.9 Å². The van der Waals surface area contributed by atoms with Gasteiger partial charge in [-0.2, -0.15) is 0 Å². The van der Waals surface area contributed by atoms with Crippen molar-refractivity contribution in [2.75, 3.05) is 19.8 Å². The smallest absolute Gasteiger partial charge is 0.407 e. The van der Waals surface area contributed by atoms with Crippen LogP contribution in [0.1, 0.15) is 95.0 Å². The molecule has 1 aliphatic rings. The van der Waals surface area contributed by atoms with Gasteiger partial charge in [-0.3, -0.25) is 4.79 Å². The van der Waals surface area contributed by atoms with Crippen LogP contribution in [0.2, 0.25) is 0 Å². The van der Waals surface area contributed by atoms with Crippen LogP contribution < -0.4 is 5.32 Å². The number of carbonyl (C=O) groups is 2. The van der Waals surface area contributed by atoms with Crippen LogP contribution in [-0.4, -0.2) is 37.4 Å². The molecular formula is C46H55NO5. The molecule has 274 valence electrons. The summed E-state index contributed by atoms with van der Waals surface area (Å²) in [4.78, 5) is 26.8. The summed E-state index contributed by atoms with van der Waals surface area (Å²) in [6, 6.07) is 26.0. The first-order chi connectivity index (χ1) is 24.8. The molecule has 0 bridgehead atoms. The van der Waals surface area contributed by atoms with Gasteiger partial charge in [0.15, 0.2) is 5.60 Å². The number of rotatable bonds is 17. The zero-order valence-electron chi connectivity index (χ0n) is 32.0. The lowest BCUT2D eigenvalue weighted by Crippen LogP contribution is -2.40. The zero-order valence-corrected chi connectivity index (χ0v) is 32.0. The van der Waals surface area contributed by atoms with Gasteiger partial charge in [0.05, 0.1) is 11.0 Å². The molecule has 0 radical (unpaired) electrons. The number of alkyl carbamates (subject to hydrolysis) is 1. The van der Waals surface area contributed by atoms with Gasteiger partial charge in [0.2, 0.25) is 0 Å². The molecule has 1 N–H and O–H groups in total. The monoisotopic (exact) mass is 701 g/mol. The minimum atomic E-state index is -1.16. The van der Waals surface area contributed by atoms with Crippen molar-refractivity contribution in [1.29, 1.82) is 0 Å². The summed E-state index contributed by atoms with van der Waals surface area (Å²) in [6.07, 6.45) is 10.5. The summed E-state index contributed by atoms with van der Waals surface area (Å²) in [5.41, 5.74) is 5.26. The van der Waals surface area contributed by atoms with E-state index in [9.17, 15) is 9.59 Å². The molecule has 2 atom stereocenters. The van der Waals surface area contributed by atoms with Gasteiger partial charge >= 0.3 is 12.1 Å². The number of nitrogens with one attached hydrogen (secondary N) is 1. The zero-order chi connectivity index (χ0) is 37.9. The average Bonchev–Trinajstić information content (AvgIpc) is 3.42. The fourth-order valence-corrected chi connectivity index (χ4v) is 6.62. The predicted octanol–water partition coefficient (Wildman–Crippen LogP) is 10.7. The van der Waals surface area contributed by atoms with Crippen molar-refractivity contribution < 1.29 is 23.8 Å². The van der Waals surface area contributed by atoms with Crippen molar-refractivity contribution in [2.24, 2.45) is 5.41 Å².